The largest absolute Gasteiger partial charge is 0.489 e. The maximum atomic E-state index is 12.7. The van der Waals surface area contributed by atoms with Crippen molar-refractivity contribution in [3.8, 4) is 5.75 Å². The van der Waals surface area contributed by atoms with Crippen molar-refractivity contribution in [1.82, 2.24) is 4.90 Å². The summed E-state index contributed by atoms with van der Waals surface area (Å²) in [4.78, 5) is 25.1. The molecular formula is C19H21NO6. The van der Waals surface area contributed by atoms with Crippen LogP contribution in [0.5, 0.6) is 5.75 Å². The summed E-state index contributed by atoms with van der Waals surface area (Å²) in [7, 11) is 0. The first kappa shape index (κ1) is 18.0. The van der Waals surface area contributed by atoms with Gasteiger partial charge in [0.25, 0.3) is 5.91 Å². The normalized spacial score (nSPS) is 17.1. The molecule has 1 aliphatic rings. The van der Waals surface area contributed by atoms with Crippen LogP contribution in [0.1, 0.15) is 28.3 Å². The number of carboxylic acid groups (broad SMARTS) is 1. The summed E-state index contributed by atoms with van der Waals surface area (Å²) in [5.41, 5.74) is 0.799. The van der Waals surface area contributed by atoms with Crippen molar-refractivity contribution < 1.29 is 28.6 Å². The lowest BCUT2D eigenvalue weighted by Crippen LogP contribution is -2.46. The van der Waals surface area contributed by atoms with E-state index in [0.29, 0.717) is 25.5 Å². The number of morpholine rings is 1. The maximum absolute atomic E-state index is 12.7. The molecule has 3 rings (SSSR count). The van der Waals surface area contributed by atoms with E-state index >= 15 is 0 Å². The fraction of sp³-hybridized carbons (Fsp3) is 0.368. The van der Waals surface area contributed by atoms with Crippen molar-refractivity contribution in [1.29, 1.82) is 0 Å². The monoisotopic (exact) mass is 359 g/mol. The number of nitrogens with zero attached hydrogens (tertiary/aromatic N) is 1. The molecule has 1 fully saturated rings. The molecule has 0 bridgehead atoms. The molecule has 2 aromatic rings. The topological polar surface area (TPSA) is 89.2 Å². The molecule has 0 unspecified atom stereocenters. The third-order valence-electron chi connectivity index (χ3n) is 4.20. The Morgan fingerprint density at radius 1 is 1.31 bits per heavy atom. The summed E-state index contributed by atoms with van der Waals surface area (Å²) < 4.78 is 16.7. The minimum absolute atomic E-state index is 0.128. The molecule has 1 aromatic heterocycles. The standard InChI is InChI=1S/C19H21NO6/c1-13-14(12-25-15-5-3-2-4-6-15)9-17(26-13)19(23)20-7-8-24-16(11-20)10-18(21)22/h2-6,9,16H,7-8,10-12H2,1H3,(H,21,22)/t16-/m1/s1. The molecule has 1 aromatic carbocycles. The number of aliphatic carboxylic acids is 1. The first-order valence-electron chi connectivity index (χ1n) is 8.42. The molecule has 1 amide bonds. The predicted molar refractivity (Wildman–Crippen MR) is 92.1 cm³/mol. The number of hydrogen-bond acceptors (Lipinski definition) is 5. The fourth-order valence-electron chi connectivity index (χ4n) is 2.82. The van der Waals surface area contributed by atoms with Crippen molar-refractivity contribution in [2.75, 3.05) is 19.7 Å². The van der Waals surface area contributed by atoms with Crippen molar-refractivity contribution in [3.05, 3.63) is 53.5 Å². The van der Waals surface area contributed by atoms with Gasteiger partial charge in [0, 0.05) is 18.7 Å². The Labute approximate surface area is 151 Å². The summed E-state index contributed by atoms with van der Waals surface area (Å²) in [6.07, 6.45) is -0.626. The lowest BCUT2D eigenvalue weighted by molar-refractivity contribution is -0.141. The van der Waals surface area contributed by atoms with E-state index in [-0.39, 0.29) is 24.6 Å². The van der Waals surface area contributed by atoms with Gasteiger partial charge in [-0.25, -0.2) is 0 Å². The molecule has 1 saturated heterocycles. The Balaban J connectivity index is 1.63. The number of carbonyl (C=O) groups is 2. The number of para-hydroxylation sites is 1. The number of carbonyl (C=O) groups excluding carboxylic acids is 1. The van der Waals surface area contributed by atoms with Crippen LogP contribution >= 0.6 is 0 Å². The second kappa shape index (κ2) is 8.05. The molecule has 1 aliphatic heterocycles. The van der Waals surface area contributed by atoms with Crippen LogP contribution in [0.4, 0.5) is 0 Å². The number of aryl methyl sites for hydroxylation is 1. The minimum atomic E-state index is -0.946. The molecule has 1 N–H and O–H groups in total. The molecule has 0 spiro atoms. The quantitative estimate of drug-likeness (QED) is 0.852. The van der Waals surface area contributed by atoms with Gasteiger partial charge in [-0.3, -0.25) is 9.59 Å². The fourth-order valence-corrected chi connectivity index (χ4v) is 2.82. The average Bonchev–Trinajstić information content (AvgIpc) is 3.00. The zero-order chi connectivity index (χ0) is 18.5. The molecular weight excluding hydrogens is 338 g/mol. The summed E-state index contributed by atoms with van der Waals surface area (Å²) in [6.45, 7) is 3.04. The minimum Gasteiger partial charge on any atom is -0.489 e. The smallest absolute Gasteiger partial charge is 0.306 e. The third kappa shape index (κ3) is 4.43. The van der Waals surface area contributed by atoms with E-state index in [9.17, 15) is 9.59 Å². The second-order valence-corrected chi connectivity index (χ2v) is 6.14. The third-order valence-corrected chi connectivity index (χ3v) is 4.20. The van der Waals surface area contributed by atoms with E-state index in [2.05, 4.69) is 0 Å². The van der Waals surface area contributed by atoms with E-state index in [1.165, 1.54) is 0 Å². The van der Waals surface area contributed by atoms with Gasteiger partial charge >= 0.3 is 5.97 Å². The highest BCUT2D eigenvalue weighted by atomic mass is 16.5. The van der Waals surface area contributed by atoms with Crippen LogP contribution in [0, 0.1) is 6.92 Å². The SMILES string of the molecule is Cc1oc(C(=O)N2CCO[C@H](CC(=O)O)C2)cc1COc1ccccc1. The molecule has 7 heteroatoms. The molecule has 0 saturated carbocycles. The summed E-state index contributed by atoms with van der Waals surface area (Å²) in [5, 5.41) is 8.88. The molecule has 2 heterocycles. The molecule has 1 atom stereocenters. The molecule has 138 valence electrons. The van der Waals surface area contributed by atoms with Crippen LogP contribution in [0.25, 0.3) is 0 Å². The Morgan fingerprint density at radius 3 is 2.81 bits per heavy atom. The number of hydrogen-bond donors (Lipinski definition) is 1. The van der Waals surface area contributed by atoms with Crippen LogP contribution < -0.4 is 4.74 Å². The van der Waals surface area contributed by atoms with E-state index in [1.54, 1.807) is 17.9 Å². The zero-order valence-corrected chi connectivity index (χ0v) is 14.5. The van der Waals surface area contributed by atoms with Crippen LogP contribution in [-0.4, -0.2) is 47.7 Å². The van der Waals surface area contributed by atoms with Crippen LogP contribution in [-0.2, 0) is 16.1 Å². The lowest BCUT2D eigenvalue weighted by Gasteiger charge is -2.31. The van der Waals surface area contributed by atoms with Crippen molar-refractivity contribution in [3.63, 3.8) is 0 Å². The first-order chi connectivity index (χ1) is 12.5. The van der Waals surface area contributed by atoms with E-state index < -0.39 is 12.1 Å². The highest BCUT2D eigenvalue weighted by Crippen LogP contribution is 2.20. The molecule has 7 nitrogen and oxygen atoms in total. The van der Waals surface area contributed by atoms with Crippen molar-refractivity contribution in [2.24, 2.45) is 0 Å². The molecule has 0 aliphatic carbocycles. The van der Waals surface area contributed by atoms with Gasteiger partial charge in [-0.05, 0) is 25.1 Å². The van der Waals surface area contributed by atoms with Gasteiger partial charge in [-0.1, -0.05) is 18.2 Å². The van der Waals surface area contributed by atoms with Crippen LogP contribution in [0.3, 0.4) is 0 Å². The zero-order valence-electron chi connectivity index (χ0n) is 14.5. The molecule has 0 radical (unpaired) electrons. The van der Waals surface area contributed by atoms with Crippen molar-refractivity contribution in [2.45, 2.75) is 26.1 Å². The number of ether oxygens (including phenoxy) is 2. The van der Waals surface area contributed by atoms with E-state index in [0.717, 1.165) is 11.3 Å². The summed E-state index contributed by atoms with van der Waals surface area (Å²) in [5.74, 6) is 0.381. The van der Waals surface area contributed by atoms with Crippen LogP contribution in [0.2, 0.25) is 0 Å². The van der Waals surface area contributed by atoms with Gasteiger partial charge in [-0.15, -0.1) is 0 Å². The number of rotatable bonds is 6. The number of benzene rings is 1. The van der Waals surface area contributed by atoms with Crippen molar-refractivity contribution >= 4 is 11.9 Å². The Bertz CT molecular complexity index is 770. The van der Waals surface area contributed by atoms with Gasteiger partial charge in [0.05, 0.1) is 19.1 Å². The highest BCUT2D eigenvalue weighted by Gasteiger charge is 2.28. The number of amides is 1. The number of furan rings is 1. The van der Waals surface area contributed by atoms with Gasteiger partial charge in [0.15, 0.2) is 5.76 Å². The Morgan fingerprint density at radius 2 is 2.08 bits per heavy atom. The van der Waals surface area contributed by atoms with Gasteiger partial charge < -0.3 is 23.9 Å². The Kier molecular flexibility index (Phi) is 5.58. The maximum Gasteiger partial charge on any atom is 0.306 e. The average molecular weight is 359 g/mol. The van der Waals surface area contributed by atoms with E-state index in [1.807, 2.05) is 30.3 Å². The second-order valence-electron chi connectivity index (χ2n) is 6.14. The summed E-state index contributed by atoms with van der Waals surface area (Å²) in [6, 6.07) is 11.1. The van der Waals surface area contributed by atoms with Gasteiger partial charge in [0.1, 0.15) is 18.1 Å². The van der Waals surface area contributed by atoms with Gasteiger partial charge in [-0.2, -0.15) is 0 Å². The highest BCUT2D eigenvalue weighted by molar-refractivity contribution is 5.92. The number of carboxylic acids is 1. The molecule has 26 heavy (non-hydrogen) atoms. The van der Waals surface area contributed by atoms with Crippen LogP contribution in [0.15, 0.2) is 40.8 Å². The van der Waals surface area contributed by atoms with Gasteiger partial charge in [0.2, 0.25) is 0 Å². The summed E-state index contributed by atoms with van der Waals surface area (Å²) >= 11 is 0. The first-order valence-corrected chi connectivity index (χ1v) is 8.42. The predicted octanol–water partition coefficient (Wildman–Crippen LogP) is 2.48. The Hall–Kier alpha value is -2.80. The lowest BCUT2D eigenvalue weighted by atomic mass is 10.2. The van der Waals surface area contributed by atoms with E-state index in [4.69, 9.17) is 19.0 Å².